The van der Waals surface area contributed by atoms with Gasteiger partial charge in [-0.05, 0) is 41.5 Å². The summed E-state index contributed by atoms with van der Waals surface area (Å²) in [6.45, 7) is 0.239. The van der Waals surface area contributed by atoms with Gasteiger partial charge in [0.15, 0.2) is 5.03 Å². The molecule has 0 aliphatic rings. The summed E-state index contributed by atoms with van der Waals surface area (Å²) < 4.78 is 40.1. The molecule has 1 aromatic heterocycles. The standard InChI is InChI=1S/C23H28N4O5S/c1-25(2)23(28)17-26-14-13-22(24-26)33(29,30)27(15-18-5-9-20(31-3)10-6-18)16-19-7-11-21(32-4)12-8-19/h5-14H,15-17H2,1-4H3. The summed E-state index contributed by atoms with van der Waals surface area (Å²) >= 11 is 0. The highest BCUT2D eigenvalue weighted by atomic mass is 32.2. The van der Waals surface area contributed by atoms with Crippen molar-refractivity contribution < 1.29 is 22.7 Å². The molecule has 0 fully saturated rings. The zero-order chi connectivity index (χ0) is 24.0. The molecule has 0 saturated carbocycles. The Kier molecular flexibility index (Phi) is 7.72. The molecule has 0 aliphatic carbocycles. The van der Waals surface area contributed by atoms with E-state index in [2.05, 4.69) is 5.10 Å². The van der Waals surface area contributed by atoms with Crippen molar-refractivity contribution in [2.45, 2.75) is 24.7 Å². The van der Waals surface area contributed by atoms with Crippen molar-refractivity contribution >= 4 is 15.9 Å². The Hall–Kier alpha value is -3.37. The number of benzene rings is 2. The summed E-state index contributed by atoms with van der Waals surface area (Å²) in [7, 11) is 2.47. The van der Waals surface area contributed by atoms with Crippen molar-refractivity contribution in [3.05, 3.63) is 71.9 Å². The topological polar surface area (TPSA) is 94.0 Å². The van der Waals surface area contributed by atoms with Crippen molar-refractivity contribution in [1.29, 1.82) is 0 Å². The van der Waals surface area contributed by atoms with Gasteiger partial charge in [0.1, 0.15) is 18.0 Å². The molecule has 3 rings (SSSR count). The van der Waals surface area contributed by atoms with E-state index < -0.39 is 10.0 Å². The average molecular weight is 473 g/mol. The van der Waals surface area contributed by atoms with Gasteiger partial charge in [0.05, 0.1) is 14.2 Å². The third-order valence-electron chi connectivity index (χ3n) is 5.05. The van der Waals surface area contributed by atoms with E-state index in [1.807, 2.05) is 24.3 Å². The lowest BCUT2D eigenvalue weighted by atomic mass is 10.2. The average Bonchev–Trinajstić information content (AvgIpc) is 3.29. The minimum atomic E-state index is -3.95. The molecule has 0 radical (unpaired) electrons. The molecule has 0 atom stereocenters. The van der Waals surface area contributed by atoms with Crippen LogP contribution in [0.3, 0.4) is 0 Å². The maximum Gasteiger partial charge on any atom is 0.262 e. The van der Waals surface area contributed by atoms with Crippen LogP contribution in [0.15, 0.2) is 65.8 Å². The number of carbonyl (C=O) groups is 1. The first kappa shape index (κ1) is 24.3. The van der Waals surface area contributed by atoms with Gasteiger partial charge in [-0.3, -0.25) is 9.48 Å². The summed E-state index contributed by atoms with van der Waals surface area (Å²) in [4.78, 5) is 13.4. The fraction of sp³-hybridized carbons (Fsp3) is 0.304. The van der Waals surface area contributed by atoms with Gasteiger partial charge < -0.3 is 14.4 Å². The first-order valence-corrected chi connectivity index (χ1v) is 11.7. The Morgan fingerprint density at radius 3 is 1.79 bits per heavy atom. The number of sulfonamides is 1. The number of ether oxygens (including phenoxy) is 2. The smallest absolute Gasteiger partial charge is 0.262 e. The monoisotopic (exact) mass is 472 g/mol. The summed E-state index contributed by atoms with van der Waals surface area (Å²) in [6, 6.07) is 15.8. The summed E-state index contributed by atoms with van der Waals surface area (Å²) in [5.41, 5.74) is 1.60. The molecule has 33 heavy (non-hydrogen) atoms. The second kappa shape index (κ2) is 10.5. The van der Waals surface area contributed by atoms with Crippen LogP contribution in [0.2, 0.25) is 0 Å². The van der Waals surface area contributed by atoms with E-state index in [1.165, 1.54) is 26.2 Å². The van der Waals surface area contributed by atoms with Crippen molar-refractivity contribution in [2.75, 3.05) is 28.3 Å². The van der Waals surface area contributed by atoms with Gasteiger partial charge in [-0.1, -0.05) is 24.3 Å². The quantitative estimate of drug-likeness (QED) is 0.450. The van der Waals surface area contributed by atoms with Gasteiger partial charge in [-0.25, -0.2) is 8.42 Å². The van der Waals surface area contributed by atoms with Crippen LogP contribution in [0.4, 0.5) is 0 Å². The second-order valence-corrected chi connectivity index (χ2v) is 9.49. The second-order valence-electron chi connectivity index (χ2n) is 7.61. The maximum absolute atomic E-state index is 13.5. The first-order valence-electron chi connectivity index (χ1n) is 10.2. The third-order valence-corrected chi connectivity index (χ3v) is 6.74. The fourth-order valence-corrected chi connectivity index (χ4v) is 4.42. The number of amides is 1. The number of hydrogen-bond donors (Lipinski definition) is 0. The van der Waals surface area contributed by atoms with E-state index in [0.29, 0.717) is 11.5 Å². The van der Waals surface area contributed by atoms with Gasteiger partial charge in [0.25, 0.3) is 10.0 Å². The van der Waals surface area contributed by atoms with Crippen molar-refractivity contribution in [2.24, 2.45) is 0 Å². The number of methoxy groups -OCH3 is 2. The lowest BCUT2D eigenvalue weighted by molar-refractivity contribution is -0.129. The number of rotatable bonds is 10. The van der Waals surface area contributed by atoms with Crippen LogP contribution in [-0.2, 0) is 34.5 Å². The molecule has 9 nitrogen and oxygen atoms in total. The zero-order valence-electron chi connectivity index (χ0n) is 19.1. The minimum Gasteiger partial charge on any atom is -0.497 e. The number of carbonyl (C=O) groups excluding carboxylic acids is 1. The molecule has 176 valence electrons. The largest absolute Gasteiger partial charge is 0.497 e. The van der Waals surface area contributed by atoms with Gasteiger partial charge in [0.2, 0.25) is 5.91 Å². The zero-order valence-corrected chi connectivity index (χ0v) is 19.9. The molecule has 0 aliphatic heterocycles. The van der Waals surface area contributed by atoms with Gasteiger partial charge in [-0.15, -0.1) is 0 Å². The van der Waals surface area contributed by atoms with Crippen LogP contribution in [0.5, 0.6) is 11.5 Å². The molecule has 1 heterocycles. The molecule has 2 aromatic carbocycles. The predicted octanol–water partition coefficient (Wildman–Crippen LogP) is 2.38. The molecule has 0 N–H and O–H groups in total. The number of likely N-dealkylation sites (N-methyl/N-ethyl adjacent to an activating group) is 1. The van der Waals surface area contributed by atoms with Crippen molar-refractivity contribution in [1.82, 2.24) is 19.0 Å². The molecular formula is C23H28N4O5S. The van der Waals surface area contributed by atoms with Crippen LogP contribution in [0.25, 0.3) is 0 Å². The van der Waals surface area contributed by atoms with Crippen LogP contribution < -0.4 is 9.47 Å². The van der Waals surface area contributed by atoms with Gasteiger partial charge in [-0.2, -0.15) is 9.40 Å². The molecule has 1 amide bonds. The summed E-state index contributed by atoms with van der Waals surface area (Å²) in [6.07, 6.45) is 1.49. The molecule has 0 unspecified atom stereocenters. The molecule has 0 saturated heterocycles. The molecule has 0 bridgehead atoms. The maximum atomic E-state index is 13.5. The van der Waals surface area contributed by atoms with E-state index >= 15 is 0 Å². The Labute approximate surface area is 194 Å². The minimum absolute atomic E-state index is 0.0422. The van der Waals surface area contributed by atoms with E-state index in [0.717, 1.165) is 11.1 Å². The van der Waals surface area contributed by atoms with E-state index in [9.17, 15) is 13.2 Å². The highest BCUT2D eigenvalue weighted by molar-refractivity contribution is 7.89. The molecule has 3 aromatic rings. The Bertz CT molecular complexity index is 1120. The van der Waals surface area contributed by atoms with E-state index in [4.69, 9.17) is 9.47 Å². The number of hydrogen-bond acceptors (Lipinski definition) is 6. The van der Waals surface area contributed by atoms with E-state index in [-0.39, 0.29) is 30.6 Å². The summed E-state index contributed by atoms with van der Waals surface area (Å²) in [5, 5.41) is 4.05. The van der Waals surface area contributed by atoms with Crippen LogP contribution >= 0.6 is 0 Å². The number of aromatic nitrogens is 2. The highest BCUT2D eigenvalue weighted by Crippen LogP contribution is 2.22. The van der Waals surface area contributed by atoms with E-state index in [1.54, 1.807) is 52.6 Å². The van der Waals surface area contributed by atoms with Gasteiger partial charge in [0, 0.05) is 33.4 Å². The fourth-order valence-electron chi connectivity index (χ4n) is 3.08. The van der Waals surface area contributed by atoms with Crippen molar-refractivity contribution in [3.8, 4) is 11.5 Å². The highest BCUT2D eigenvalue weighted by Gasteiger charge is 2.28. The SMILES string of the molecule is COc1ccc(CN(Cc2ccc(OC)cc2)S(=O)(=O)c2ccn(CC(=O)N(C)C)n2)cc1. The van der Waals surface area contributed by atoms with Crippen molar-refractivity contribution in [3.63, 3.8) is 0 Å². The Balaban J connectivity index is 1.90. The number of nitrogens with zero attached hydrogens (tertiary/aromatic N) is 4. The van der Waals surface area contributed by atoms with Gasteiger partial charge >= 0.3 is 0 Å². The van der Waals surface area contributed by atoms with Crippen LogP contribution in [-0.4, -0.2) is 61.6 Å². The summed E-state index contributed by atoms with van der Waals surface area (Å²) in [5.74, 6) is 1.19. The Morgan fingerprint density at radius 2 is 1.36 bits per heavy atom. The van der Waals surface area contributed by atoms with Crippen LogP contribution in [0, 0.1) is 0 Å². The predicted molar refractivity (Wildman–Crippen MR) is 123 cm³/mol. The van der Waals surface area contributed by atoms with Crippen LogP contribution in [0.1, 0.15) is 11.1 Å². The lowest BCUT2D eigenvalue weighted by Gasteiger charge is -2.21. The Morgan fingerprint density at radius 1 is 0.879 bits per heavy atom. The molecule has 0 spiro atoms. The third kappa shape index (κ3) is 6.11. The molecular weight excluding hydrogens is 444 g/mol. The molecule has 10 heteroatoms. The lowest BCUT2D eigenvalue weighted by Crippen LogP contribution is -2.31. The normalized spacial score (nSPS) is 11.4. The first-order chi connectivity index (χ1) is 15.7.